The van der Waals surface area contributed by atoms with Crippen LogP contribution in [0.25, 0.3) is 0 Å². The summed E-state index contributed by atoms with van der Waals surface area (Å²) in [6.07, 6.45) is 6.92. The third-order valence-corrected chi connectivity index (χ3v) is 4.08. The Morgan fingerprint density at radius 2 is 1.33 bits per heavy atom. The van der Waals surface area contributed by atoms with Crippen molar-refractivity contribution in [1.29, 1.82) is 0 Å². The Hall–Kier alpha value is -0.0800. The van der Waals surface area contributed by atoms with E-state index in [9.17, 15) is 0 Å². The van der Waals surface area contributed by atoms with Gasteiger partial charge in [-0.3, -0.25) is 4.90 Å². The molecule has 0 aliphatic heterocycles. The smallest absolute Gasteiger partial charge is 0.0222 e. The zero-order valence-corrected chi connectivity index (χ0v) is 13.5. The van der Waals surface area contributed by atoms with Crippen LogP contribution in [0.2, 0.25) is 0 Å². The van der Waals surface area contributed by atoms with E-state index in [1.165, 1.54) is 64.8 Å². The fraction of sp³-hybridized carbons (Fsp3) is 1.00. The molecule has 18 heavy (non-hydrogen) atoms. The summed E-state index contributed by atoms with van der Waals surface area (Å²) in [4.78, 5) is 5.22. The Morgan fingerprint density at radius 3 is 1.78 bits per heavy atom. The lowest BCUT2D eigenvalue weighted by Gasteiger charge is -2.33. The van der Waals surface area contributed by atoms with Gasteiger partial charge in [-0.15, -0.1) is 0 Å². The number of nitrogens with zero attached hydrogens (tertiary/aromatic N) is 2. The van der Waals surface area contributed by atoms with Crippen molar-refractivity contribution >= 4 is 0 Å². The van der Waals surface area contributed by atoms with E-state index in [0.717, 1.165) is 6.04 Å². The van der Waals surface area contributed by atoms with Crippen LogP contribution >= 0.6 is 0 Å². The molecule has 1 unspecified atom stereocenters. The second kappa shape index (κ2) is 12.0. The highest BCUT2D eigenvalue weighted by atomic mass is 15.2. The highest BCUT2D eigenvalue weighted by Crippen LogP contribution is 2.12. The van der Waals surface area contributed by atoms with Crippen LogP contribution in [-0.4, -0.2) is 48.6 Å². The molecule has 0 aliphatic carbocycles. The van der Waals surface area contributed by atoms with E-state index in [2.05, 4.69) is 44.4 Å². The summed E-state index contributed by atoms with van der Waals surface area (Å²) in [7, 11) is 0. The summed E-state index contributed by atoms with van der Waals surface area (Å²) in [5.74, 6) is 0. The highest BCUT2D eigenvalue weighted by Gasteiger charge is 2.17. The molecule has 0 saturated carbocycles. The predicted octanol–water partition coefficient (Wildman–Crippen LogP) is 4.01. The predicted molar refractivity (Wildman–Crippen MR) is 83.3 cm³/mol. The molecular formula is C16H36N2. The van der Waals surface area contributed by atoms with Crippen LogP contribution in [0.15, 0.2) is 0 Å². The first kappa shape index (κ1) is 17.9. The maximum atomic E-state index is 2.64. The molecule has 0 amide bonds. The van der Waals surface area contributed by atoms with Gasteiger partial charge in [-0.2, -0.15) is 0 Å². The van der Waals surface area contributed by atoms with Crippen molar-refractivity contribution < 1.29 is 0 Å². The summed E-state index contributed by atoms with van der Waals surface area (Å²) < 4.78 is 0. The number of likely N-dealkylation sites (N-methyl/N-ethyl adjacent to an activating group) is 2. The van der Waals surface area contributed by atoms with Crippen molar-refractivity contribution in [3.63, 3.8) is 0 Å². The lowest BCUT2D eigenvalue weighted by Crippen LogP contribution is -2.44. The molecule has 0 bridgehead atoms. The minimum absolute atomic E-state index is 0.761. The van der Waals surface area contributed by atoms with E-state index in [1.807, 2.05) is 0 Å². The Morgan fingerprint density at radius 1 is 0.722 bits per heavy atom. The zero-order valence-electron chi connectivity index (χ0n) is 13.5. The molecule has 0 radical (unpaired) electrons. The number of unbranched alkanes of at least 4 members (excludes halogenated alkanes) is 3. The molecule has 0 N–H and O–H groups in total. The topological polar surface area (TPSA) is 6.48 Å². The third kappa shape index (κ3) is 7.38. The molecule has 0 aliphatic rings. The van der Waals surface area contributed by atoms with E-state index in [4.69, 9.17) is 0 Å². The Bertz CT molecular complexity index is 162. The summed E-state index contributed by atoms with van der Waals surface area (Å²) >= 11 is 0. The Kier molecular flexibility index (Phi) is 11.9. The molecule has 0 saturated heterocycles. The minimum atomic E-state index is 0.761. The first-order valence-corrected chi connectivity index (χ1v) is 8.19. The molecule has 0 spiro atoms. The van der Waals surface area contributed by atoms with Crippen LogP contribution in [0.5, 0.6) is 0 Å². The molecule has 0 fully saturated rings. The molecule has 0 aromatic rings. The van der Waals surface area contributed by atoms with Gasteiger partial charge in [-0.25, -0.2) is 0 Å². The van der Waals surface area contributed by atoms with Crippen molar-refractivity contribution in [1.82, 2.24) is 9.80 Å². The standard InChI is InChI=1S/C16H36N2/c1-6-11-12-13-14-16(18(9-4)10-5)15-17(7-2)8-3/h16H,6-15H2,1-5H3. The maximum absolute atomic E-state index is 2.64. The van der Waals surface area contributed by atoms with Crippen molar-refractivity contribution in [3.05, 3.63) is 0 Å². The van der Waals surface area contributed by atoms with Gasteiger partial charge >= 0.3 is 0 Å². The summed E-state index contributed by atoms with van der Waals surface area (Å²) in [5, 5.41) is 0. The molecular weight excluding hydrogens is 220 g/mol. The molecule has 0 heterocycles. The fourth-order valence-electron chi connectivity index (χ4n) is 2.72. The molecule has 110 valence electrons. The lowest BCUT2D eigenvalue weighted by molar-refractivity contribution is 0.145. The van der Waals surface area contributed by atoms with Crippen molar-refractivity contribution in [2.45, 2.75) is 72.8 Å². The van der Waals surface area contributed by atoms with Gasteiger partial charge in [0.1, 0.15) is 0 Å². The van der Waals surface area contributed by atoms with Crippen LogP contribution < -0.4 is 0 Å². The Balaban J connectivity index is 4.22. The first-order chi connectivity index (χ1) is 8.73. The van der Waals surface area contributed by atoms with Gasteiger partial charge < -0.3 is 4.90 Å². The van der Waals surface area contributed by atoms with E-state index >= 15 is 0 Å². The number of hydrogen-bond donors (Lipinski definition) is 0. The first-order valence-electron chi connectivity index (χ1n) is 8.19. The molecule has 1 atom stereocenters. The van der Waals surface area contributed by atoms with E-state index in [1.54, 1.807) is 0 Å². The van der Waals surface area contributed by atoms with Gasteiger partial charge in [-0.05, 0) is 32.6 Å². The largest absolute Gasteiger partial charge is 0.302 e. The number of rotatable bonds is 12. The number of hydrogen-bond acceptors (Lipinski definition) is 2. The second-order valence-corrected chi connectivity index (χ2v) is 5.21. The van der Waals surface area contributed by atoms with Crippen molar-refractivity contribution in [3.8, 4) is 0 Å². The summed E-state index contributed by atoms with van der Waals surface area (Å²) in [6.45, 7) is 17.4. The maximum Gasteiger partial charge on any atom is 0.0222 e. The quantitative estimate of drug-likeness (QED) is 0.487. The van der Waals surface area contributed by atoms with E-state index < -0.39 is 0 Å². The van der Waals surface area contributed by atoms with Crippen LogP contribution in [0, 0.1) is 0 Å². The average molecular weight is 256 g/mol. The average Bonchev–Trinajstić information content (AvgIpc) is 2.41. The molecule has 2 nitrogen and oxygen atoms in total. The second-order valence-electron chi connectivity index (χ2n) is 5.21. The minimum Gasteiger partial charge on any atom is -0.302 e. The van der Waals surface area contributed by atoms with Crippen LogP contribution in [0.1, 0.15) is 66.7 Å². The normalized spacial score (nSPS) is 13.5. The van der Waals surface area contributed by atoms with Crippen molar-refractivity contribution in [2.24, 2.45) is 0 Å². The summed E-state index contributed by atoms with van der Waals surface area (Å²) in [6, 6.07) is 0.761. The van der Waals surface area contributed by atoms with E-state index in [-0.39, 0.29) is 0 Å². The molecule has 0 aromatic carbocycles. The van der Waals surface area contributed by atoms with Gasteiger partial charge in [0.15, 0.2) is 0 Å². The van der Waals surface area contributed by atoms with Crippen molar-refractivity contribution in [2.75, 3.05) is 32.7 Å². The Labute approximate surface area is 116 Å². The molecule has 0 aromatic heterocycles. The zero-order chi connectivity index (χ0) is 13.8. The SMILES string of the molecule is CCCCCCC(CN(CC)CC)N(CC)CC. The third-order valence-electron chi connectivity index (χ3n) is 4.08. The highest BCUT2D eigenvalue weighted by molar-refractivity contribution is 4.74. The van der Waals surface area contributed by atoms with E-state index in [0.29, 0.717) is 0 Å². The van der Waals surface area contributed by atoms with Gasteiger partial charge in [0.2, 0.25) is 0 Å². The van der Waals surface area contributed by atoms with Gasteiger partial charge in [0.25, 0.3) is 0 Å². The van der Waals surface area contributed by atoms with Gasteiger partial charge in [-0.1, -0.05) is 60.3 Å². The molecule has 0 rings (SSSR count). The fourth-order valence-corrected chi connectivity index (χ4v) is 2.72. The van der Waals surface area contributed by atoms with Gasteiger partial charge in [0.05, 0.1) is 0 Å². The lowest BCUT2D eigenvalue weighted by atomic mass is 10.0. The van der Waals surface area contributed by atoms with Crippen LogP contribution in [0.4, 0.5) is 0 Å². The molecule has 2 heteroatoms. The van der Waals surface area contributed by atoms with Crippen LogP contribution in [-0.2, 0) is 0 Å². The monoisotopic (exact) mass is 256 g/mol. The van der Waals surface area contributed by atoms with Gasteiger partial charge in [0, 0.05) is 12.6 Å². The van der Waals surface area contributed by atoms with Crippen LogP contribution in [0.3, 0.4) is 0 Å². The summed E-state index contributed by atoms with van der Waals surface area (Å²) in [5.41, 5.74) is 0.